The molecule has 1 saturated carbocycles. The lowest BCUT2D eigenvalue weighted by Gasteiger charge is -2.32. The van der Waals surface area contributed by atoms with Crippen LogP contribution in [0.5, 0.6) is 0 Å². The number of fused-ring (bicyclic) bond motifs is 1. The van der Waals surface area contributed by atoms with E-state index < -0.39 is 0 Å². The van der Waals surface area contributed by atoms with Crippen LogP contribution in [0.2, 0.25) is 0 Å². The van der Waals surface area contributed by atoms with Crippen molar-refractivity contribution >= 4 is 17.0 Å². The molecule has 0 unspecified atom stereocenters. The van der Waals surface area contributed by atoms with Gasteiger partial charge in [-0.2, -0.15) is 5.10 Å². The highest BCUT2D eigenvalue weighted by Gasteiger charge is 2.26. The van der Waals surface area contributed by atoms with E-state index in [1.54, 1.807) is 4.68 Å². The van der Waals surface area contributed by atoms with Gasteiger partial charge in [0.15, 0.2) is 5.52 Å². The van der Waals surface area contributed by atoms with Crippen molar-refractivity contribution in [1.82, 2.24) is 24.6 Å². The molecule has 0 bridgehead atoms. The maximum Gasteiger partial charge on any atom is 0.278 e. The van der Waals surface area contributed by atoms with Crippen molar-refractivity contribution in [3.8, 4) is 0 Å². The number of aromatic nitrogens is 4. The monoisotopic (exact) mass is 444 g/mol. The van der Waals surface area contributed by atoms with Crippen LogP contribution in [0.4, 0.5) is 5.95 Å². The second-order valence-corrected chi connectivity index (χ2v) is 10.6. The summed E-state index contributed by atoms with van der Waals surface area (Å²) in [5, 5.41) is 4.66. The standard InChI is InChI=1S/C24H40N6O2/c1-24(2,3)21-19-20(28(4)27-21)22(31)26-23(25-19)30(17-18-9-6-5-7-10-18)12-8-11-29-13-15-32-16-14-29/h18H,5-17H2,1-4H3,(H,25,26,31). The van der Waals surface area contributed by atoms with E-state index in [9.17, 15) is 4.79 Å². The average Bonchev–Trinajstić information content (AvgIpc) is 3.12. The van der Waals surface area contributed by atoms with Crippen LogP contribution in [0.1, 0.15) is 65.0 Å². The number of ether oxygens (including phenoxy) is 1. The average molecular weight is 445 g/mol. The van der Waals surface area contributed by atoms with Crippen LogP contribution >= 0.6 is 0 Å². The molecule has 1 N–H and O–H groups in total. The molecule has 0 radical (unpaired) electrons. The zero-order chi connectivity index (χ0) is 22.7. The zero-order valence-corrected chi connectivity index (χ0v) is 20.3. The minimum absolute atomic E-state index is 0.0997. The Morgan fingerprint density at radius 3 is 2.56 bits per heavy atom. The van der Waals surface area contributed by atoms with Crippen LogP contribution in [-0.2, 0) is 17.2 Å². The maximum atomic E-state index is 13.1. The van der Waals surface area contributed by atoms with E-state index in [2.05, 4.69) is 40.7 Å². The van der Waals surface area contributed by atoms with E-state index in [-0.39, 0.29) is 11.0 Å². The van der Waals surface area contributed by atoms with Crippen molar-refractivity contribution in [3.63, 3.8) is 0 Å². The molecule has 3 heterocycles. The molecule has 8 heteroatoms. The van der Waals surface area contributed by atoms with Crippen LogP contribution in [-0.4, -0.2) is 70.6 Å². The van der Waals surface area contributed by atoms with Crippen LogP contribution in [0.3, 0.4) is 0 Å². The van der Waals surface area contributed by atoms with Crippen LogP contribution in [0.15, 0.2) is 4.79 Å². The van der Waals surface area contributed by atoms with Gasteiger partial charge in [-0.05, 0) is 25.2 Å². The molecule has 0 amide bonds. The number of aryl methyl sites for hydroxylation is 1. The minimum Gasteiger partial charge on any atom is -0.379 e. The topological polar surface area (TPSA) is 79.3 Å². The summed E-state index contributed by atoms with van der Waals surface area (Å²) in [6.45, 7) is 13.0. The van der Waals surface area contributed by atoms with Gasteiger partial charge in [-0.3, -0.25) is 19.4 Å². The van der Waals surface area contributed by atoms with Crippen molar-refractivity contribution < 1.29 is 4.74 Å². The Morgan fingerprint density at radius 2 is 1.88 bits per heavy atom. The molecule has 2 aromatic heterocycles. The zero-order valence-electron chi connectivity index (χ0n) is 20.3. The van der Waals surface area contributed by atoms with E-state index in [1.165, 1.54) is 32.1 Å². The smallest absolute Gasteiger partial charge is 0.278 e. The Hall–Kier alpha value is -1.93. The van der Waals surface area contributed by atoms with Gasteiger partial charge >= 0.3 is 0 Å². The first-order chi connectivity index (χ1) is 15.3. The number of morpholine rings is 1. The van der Waals surface area contributed by atoms with Gasteiger partial charge in [0, 0.05) is 45.2 Å². The highest BCUT2D eigenvalue weighted by atomic mass is 16.5. The third kappa shape index (κ3) is 5.34. The third-order valence-electron chi connectivity index (χ3n) is 6.90. The Balaban J connectivity index is 1.60. The summed E-state index contributed by atoms with van der Waals surface area (Å²) in [6, 6.07) is 0. The molecule has 0 spiro atoms. The fourth-order valence-corrected chi connectivity index (χ4v) is 5.10. The molecule has 32 heavy (non-hydrogen) atoms. The summed E-state index contributed by atoms with van der Waals surface area (Å²) >= 11 is 0. The number of hydrogen-bond acceptors (Lipinski definition) is 6. The fraction of sp³-hybridized carbons (Fsp3) is 0.792. The van der Waals surface area contributed by atoms with Crippen molar-refractivity contribution in [3.05, 3.63) is 16.0 Å². The Morgan fingerprint density at radius 1 is 1.16 bits per heavy atom. The quantitative estimate of drug-likeness (QED) is 0.707. The van der Waals surface area contributed by atoms with Gasteiger partial charge in [0.25, 0.3) is 5.56 Å². The number of nitrogens with one attached hydrogen (secondary N) is 1. The van der Waals surface area contributed by atoms with Crippen molar-refractivity contribution in [2.24, 2.45) is 13.0 Å². The van der Waals surface area contributed by atoms with Gasteiger partial charge in [0.05, 0.1) is 18.9 Å². The first kappa shape index (κ1) is 23.2. The Bertz CT molecular complexity index is 948. The van der Waals surface area contributed by atoms with Gasteiger partial charge < -0.3 is 9.64 Å². The first-order valence-corrected chi connectivity index (χ1v) is 12.4. The van der Waals surface area contributed by atoms with E-state index in [4.69, 9.17) is 9.72 Å². The number of aromatic amines is 1. The predicted molar refractivity (Wildman–Crippen MR) is 128 cm³/mol. The van der Waals surface area contributed by atoms with E-state index in [1.807, 2.05) is 7.05 Å². The summed E-state index contributed by atoms with van der Waals surface area (Å²) in [6.07, 6.45) is 7.56. The fourth-order valence-electron chi connectivity index (χ4n) is 5.10. The molecule has 0 atom stereocenters. The molecular formula is C24H40N6O2. The third-order valence-corrected chi connectivity index (χ3v) is 6.90. The summed E-state index contributed by atoms with van der Waals surface area (Å²) < 4.78 is 7.16. The van der Waals surface area contributed by atoms with Crippen molar-refractivity contribution in [2.45, 2.75) is 64.7 Å². The van der Waals surface area contributed by atoms with Crippen LogP contribution < -0.4 is 10.5 Å². The first-order valence-electron chi connectivity index (χ1n) is 12.4. The molecule has 2 fully saturated rings. The summed E-state index contributed by atoms with van der Waals surface area (Å²) in [4.78, 5) is 26.0. The van der Waals surface area contributed by atoms with E-state index in [0.717, 1.165) is 63.6 Å². The van der Waals surface area contributed by atoms with E-state index in [0.29, 0.717) is 17.4 Å². The largest absolute Gasteiger partial charge is 0.379 e. The van der Waals surface area contributed by atoms with Gasteiger partial charge in [0.1, 0.15) is 5.52 Å². The normalized spacial score (nSPS) is 19.0. The molecule has 1 aliphatic carbocycles. The van der Waals surface area contributed by atoms with Crippen LogP contribution in [0.25, 0.3) is 11.0 Å². The molecule has 178 valence electrons. The second kappa shape index (κ2) is 9.91. The summed E-state index contributed by atoms with van der Waals surface area (Å²) in [7, 11) is 1.83. The maximum absolute atomic E-state index is 13.1. The van der Waals surface area contributed by atoms with Crippen LogP contribution in [0, 0.1) is 5.92 Å². The highest BCUT2D eigenvalue weighted by molar-refractivity contribution is 5.78. The number of nitrogens with zero attached hydrogens (tertiary/aromatic N) is 5. The number of anilines is 1. The predicted octanol–water partition coefficient (Wildman–Crippen LogP) is 3.06. The molecule has 1 aliphatic heterocycles. The lowest BCUT2D eigenvalue weighted by molar-refractivity contribution is 0.0376. The van der Waals surface area contributed by atoms with Gasteiger partial charge in [-0.25, -0.2) is 4.98 Å². The molecule has 2 aromatic rings. The van der Waals surface area contributed by atoms with Gasteiger partial charge in [0.2, 0.25) is 5.95 Å². The summed E-state index contributed by atoms with van der Waals surface area (Å²) in [5.74, 6) is 1.37. The number of rotatable bonds is 7. The van der Waals surface area contributed by atoms with E-state index >= 15 is 0 Å². The Kier molecular flexibility index (Phi) is 7.20. The van der Waals surface area contributed by atoms with Crippen molar-refractivity contribution in [2.75, 3.05) is 50.8 Å². The molecule has 2 aliphatic rings. The molecule has 1 saturated heterocycles. The minimum atomic E-state index is -0.178. The lowest BCUT2D eigenvalue weighted by atomic mass is 9.89. The van der Waals surface area contributed by atoms with Crippen molar-refractivity contribution in [1.29, 1.82) is 0 Å². The second-order valence-electron chi connectivity index (χ2n) is 10.6. The lowest BCUT2D eigenvalue weighted by Crippen LogP contribution is -2.39. The van der Waals surface area contributed by atoms with Gasteiger partial charge in [-0.15, -0.1) is 0 Å². The Labute approximate surface area is 191 Å². The highest BCUT2D eigenvalue weighted by Crippen LogP contribution is 2.29. The summed E-state index contributed by atoms with van der Waals surface area (Å²) in [5.41, 5.74) is 1.90. The van der Waals surface area contributed by atoms with Gasteiger partial charge in [-0.1, -0.05) is 40.0 Å². The molecule has 0 aromatic carbocycles. The molecule has 4 rings (SSSR count). The number of H-pyrrole nitrogens is 1. The SMILES string of the molecule is Cn1nc(C(C)(C)C)c2nc(N(CCCN3CCOCC3)CC3CCCCC3)[nH]c(=O)c21. The number of hydrogen-bond donors (Lipinski definition) is 1. The molecular weight excluding hydrogens is 404 g/mol. The molecule has 8 nitrogen and oxygen atoms in total.